The molecule has 0 atom stereocenters. The van der Waals surface area contributed by atoms with E-state index in [9.17, 15) is 4.79 Å². The monoisotopic (exact) mass is 277 g/mol. The molecular formula is C16H27N3O. The third-order valence-corrected chi connectivity index (χ3v) is 3.41. The Morgan fingerprint density at radius 2 is 1.90 bits per heavy atom. The Kier molecular flexibility index (Phi) is 6.68. The Hall–Kier alpha value is -1.39. The second-order valence-electron chi connectivity index (χ2n) is 5.67. The van der Waals surface area contributed by atoms with E-state index in [4.69, 9.17) is 5.73 Å². The molecule has 1 amide bonds. The standard InChI is InChI=1S/C16H27N3O/c1-12(2)19(13(3)4)9-8-18-11-14-6-5-7-15(10-14)16(17)20/h5-7,10,12-13,18H,8-9,11H2,1-4H3,(H2,17,20). The van der Waals surface area contributed by atoms with Crippen molar-refractivity contribution >= 4 is 5.91 Å². The molecule has 0 aliphatic heterocycles. The van der Waals surface area contributed by atoms with Gasteiger partial charge in [-0.1, -0.05) is 12.1 Å². The van der Waals surface area contributed by atoms with Gasteiger partial charge in [0.2, 0.25) is 5.91 Å². The molecule has 0 radical (unpaired) electrons. The largest absolute Gasteiger partial charge is 0.366 e. The van der Waals surface area contributed by atoms with E-state index in [1.807, 2.05) is 18.2 Å². The van der Waals surface area contributed by atoms with E-state index in [2.05, 4.69) is 37.9 Å². The molecule has 1 aromatic rings. The van der Waals surface area contributed by atoms with E-state index >= 15 is 0 Å². The summed E-state index contributed by atoms with van der Waals surface area (Å²) in [5, 5.41) is 3.41. The van der Waals surface area contributed by atoms with Crippen molar-refractivity contribution in [1.29, 1.82) is 0 Å². The maximum atomic E-state index is 11.1. The molecule has 20 heavy (non-hydrogen) atoms. The Morgan fingerprint density at radius 1 is 1.25 bits per heavy atom. The van der Waals surface area contributed by atoms with Gasteiger partial charge in [-0.05, 0) is 45.4 Å². The summed E-state index contributed by atoms with van der Waals surface area (Å²) in [7, 11) is 0. The summed E-state index contributed by atoms with van der Waals surface area (Å²) in [5.41, 5.74) is 6.93. The van der Waals surface area contributed by atoms with Gasteiger partial charge in [-0.3, -0.25) is 9.69 Å². The topological polar surface area (TPSA) is 58.4 Å². The number of hydrogen-bond acceptors (Lipinski definition) is 3. The van der Waals surface area contributed by atoms with Crippen LogP contribution in [0, 0.1) is 0 Å². The Balaban J connectivity index is 2.41. The van der Waals surface area contributed by atoms with Crippen LogP contribution in [0.4, 0.5) is 0 Å². The minimum absolute atomic E-state index is 0.377. The van der Waals surface area contributed by atoms with Gasteiger partial charge in [-0.15, -0.1) is 0 Å². The summed E-state index contributed by atoms with van der Waals surface area (Å²) < 4.78 is 0. The van der Waals surface area contributed by atoms with Crippen LogP contribution in [0.1, 0.15) is 43.6 Å². The first-order valence-corrected chi connectivity index (χ1v) is 7.27. The fraction of sp³-hybridized carbons (Fsp3) is 0.562. The molecule has 1 aromatic carbocycles. The molecule has 0 spiro atoms. The van der Waals surface area contributed by atoms with E-state index in [1.165, 1.54) is 0 Å². The van der Waals surface area contributed by atoms with E-state index in [0.717, 1.165) is 25.2 Å². The fourth-order valence-electron chi connectivity index (χ4n) is 2.39. The number of nitrogens with two attached hydrogens (primary N) is 1. The lowest BCUT2D eigenvalue weighted by Gasteiger charge is -2.30. The molecule has 0 bridgehead atoms. The Morgan fingerprint density at radius 3 is 2.45 bits per heavy atom. The van der Waals surface area contributed by atoms with Gasteiger partial charge in [-0.25, -0.2) is 0 Å². The summed E-state index contributed by atoms with van der Waals surface area (Å²) in [4.78, 5) is 13.6. The first-order chi connectivity index (χ1) is 9.41. The summed E-state index contributed by atoms with van der Waals surface area (Å²) in [6, 6.07) is 8.56. The molecule has 0 aliphatic carbocycles. The molecular weight excluding hydrogens is 250 g/mol. The number of primary amides is 1. The van der Waals surface area contributed by atoms with Crippen LogP contribution >= 0.6 is 0 Å². The number of carbonyl (C=O) groups is 1. The van der Waals surface area contributed by atoms with Gasteiger partial charge in [0, 0.05) is 37.3 Å². The van der Waals surface area contributed by atoms with Crippen LogP contribution in [-0.4, -0.2) is 36.0 Å². The third kappa shape index (κ3) is 5.31. The molecule has 0 saturated carbocycles. The van der Waals surface area contributed by atoms with Gasteiger partial charge in [0.25, 0.3) is 0 Å². The zero-order chi connectivity index (χ0) is 15.1. The van der Waals surface area contributed by atoms with Gasteiger partial charge in [-0.2, -0.15) is 0 Å². The predicted molar refractivity (Wildman–Crippen MR) is 83.6 cm³/mol. The lowest BCUT2D eigenvalue weighted by molar-refractivity contribution is 0.1000. The van der Waals surface area contributed by atoms with Crippen molar-refractivity contribution in [2.45, 2.75) is 46.3 Å². The average Bonchev–Trinajstić information content (AvgIpc) is 2.37. The molecule has 4 nitrogen and oxygen atoms in total. The van der Waals surface area contributed by atoms with Crippen molar-refractivity contribution in [2.24, 2.45) is 5.73 Å². The normalized spacial score (nSPS) is 11.6. The van der Waals surface area contributed by atoms with Crippen molar-refractivity contribution in [2.75, 3.05) is 13.1 Å². The van der Waals surface area contributed by atoms with Crippen LogP contribution in [0.25, 0.3) is 0 Å². The Bertz CT molecular complexity index is 421. The predicted octanol–water partition coefficient (Wildman–Crippen LogP) is 1.99. The van der Waals surface area contributed by atoms with Crippen molar-refractivity contribution < 1.29 is 4.79 Å². The molecule has 1 rings (SSSR count). The van der Waals surface area contributed by atoms with Gasteiger partial charge in [0.1, 0.15) is 0 Å². The maximum absolute atomic E-state index is 11.1. The molecule has 0 aliphatic rings. The first kappa shape index (κ1) is 16.7. The number of amides is 1. The van der Waals surface area contributed by atoms with Crippen LogP contribution in [0.3, 0.4) is 0 Å². The minimum atomic E-state index is -0.377. The van der Waals surface area contributed by atoms with Gasteiger partial charge >= 0.3 is 0 Å². The van der Waals surface area contributed by atoms with Crippen molar-refractivity contribution in [1.82, 2.24) is 10.2 Å². The number of rotatable bonds is 8. The zero-order valence-electron chi connectivity index (χ0n) is 13.0. The second-order valence-corrected chi connectivity index (χ2v) is 5.67. The molecule has 0 heterocycles. The van der Waals surface area contributed by atoms with Gasteiger partial charge in [0.15, 0.2) is 0 Å². The highest BCUT2D eigenvalue weighted by molar-refractivity contribution is 5.92. The number of nitrogens with one attached hydrogen (secondary N) is 1. The lowest BCUT2D eigenvalue weighted by Crippen LogP contribution is -2.41. The summed E-state index contributed by atoms with van der Waals surface area (Å²) in [6.45, 7) is 11.6. The SMILES string of the molecule is CC(C)N(CCNCc1cccc(C(N)=O)c1)C(C)C. The fourth-order valence-corrected chi connectivity index (χ4v) is 2.39. The Labute approximate surface area is 122 Å². The van der Waals surface area contributed by atoms with Crippen LogP contribution in [0.15, 0.2) is 24.3 Å². The van der Waals surface area contributed by atoms with Crippen molar-refractivity contribution in [3.63, 3.8) is 0 Å². The van der Waals surface area contributed by atoms with Crippen LogP contribution in [0.5, 0.6) is 0 Å². The number of nitrogens with zero attached hydrogens (tertiary/aromatic N) is 1. The molecule has 0 saturated heterocycles. The maximum Gasteiger partial charge on any atom is 0.248 e. The quantitative estimate of drug-likeness (QED) is 0.715. The van der Waals surface area contributed by atoms with Gasteiger partial charge in [0.05, 0.1) is 0 Å². The van der Waals surface area contributed by atoms with Crippen LogP contribution in [-0.2, 0) is 6.54 Å². The lowest BCUT2D eigenvalue weighted by atomic mass is 10.1. The van der Waals surface area contributed by atoms with Crippen LogP contribution in [0.2, 0.25) is 0 Å². The first-order valence-electron chi connectivity index (χ1n) is 7.27. The molecule has 3 N–H and O–H groups in total. The van der Waals surface area contributed by atoms with E-state index in [1.54, 1.807) is 6.07 Å². The van der Waals surface area contributed by atoms with E-state index in [-0.39, 0.29) is 5.91 Å². The van der Waals surface area contributed by atoms with Gasteiger partial charge < -0.3 is 11.1 Å². The molecule has 0 fully saturated rings. The highest BCUT2D eigenvalue weighted by Crippen LogP contribution is 2.05. The van der Waals surface area contributed by atoms with E-state index in [0.29, 0.717) is 17.6 Å². The molecule has 0 aromatic heterocycles. The van der Waals surface area contributed by atoms with Crippen LogP contribution < -0.4 is 11.1 Å². The average molecular weight is 277 g/mol. The van der Waals surface area contributed by atoms with E-state index < -0.39 is 0 Å². The highest BCUT2D eigenvalue weighted by Gasteiger charge is 2.12. The number of benzene rings is 1. The summed E-state index contributed by atoms with van der Waals surface area (Å²) >= 11 is 0. The second kappa shape index (κ2) is 8.02. The molecule has 0 unspecified atom stereocenters. The minimum Gasteiger partial charge on any atom is -0.366 e. The highest BCUT2D eigenvalue weighted by atomic mass is 16.1. The third-order valence-electron chi connectivity index (χ3n) is 3.41. The van der Waals surface area contributed by atoms with Crippen molar-refractivity contribution in [3.05, 3.63) is 35.4 Å². The molecule has 112 valence electrons. The summed E-state index contributed by atoms with van der Waals surface area (Å²) in [6.07, 6.45) is 0. The number of hydrogen-bond donors (Lipinski definition) is 2. The summed E-state index contributed by atoms with van der Waals surface area (Å²) in [5.74, 6) is -0.377. The van der Waals surface area contributed by atoms with Crippen molar-refractivity contribution in [3.8, 4) is 0 Å². The number of carbonyl (C=O) groups excluding carboxylic acids is 1. The molecule has 4 heteroatoms. The zero-order valence-corrected chi connectivity index (χ0v) is 13.0. The smallest absolute Gasteiger partial charge is 0.248 e.